The van der Waals surface area contributed by atoms with E-state index >= 15 is 0 Å². The van der Waals surface area contributed by atoms with Gasteiger partial charge < -0.3 is 4.79 Å². The Hall–Kier alpha value is -1.25. The van der Waals surface area contributed by atoms with Crippen molar-refractivity contribution in [3.05, 3.63) is 34.9 Å². The predicted octanol–water partition coefficient (Wildman–Crippen LogP) is 3.24. The summed E-state index contributed by atoms with van der Waals surface area (Å²) in [5.74, 6) is -0.325. The van der Waals surface area contributed by atoms with Crippen LogP contribution in [0.5, 0.6) is 0 Å². The van der Waals surface area contributed by atoms with Crippen molar-refractivity contribution in [2.75, 3.05) is 0 Å². The zero-order valence-electron chi connectivity index (χ0n) is 8.13. The van der Waals surface area contributed by atoms with E-state index in [0.717, 1.165) is 11.8 Å². The van der Waals surface area contributed by atoms with Crippen molar-refractivity contribution in [3.63, 3.8) is 0 Å². The van der Waals surface area contributed by atoms with Gasteiger partial charge in [-0.3, -0.25) is 0 Å². The molecule has 0 aliphatic rings. The molecule has 0 saturated carbocycles. The summed E-state index contributed by atoms with van der Waals surface area (Å²) >= 11 is 0. The summed E-state index contributed by atoms with van der Waals surface area (Å²) in [5, 5.41) is 0. The van der Waals surface area contributed by atoms with Gasteiger partial charge in [0.15, 0.2) is 0 Å². The van der Waals surface area contributed by atoms with Crippen molar-refractivity contribution in [1.82, 2.24) is 0 Å². The molecule has 0 aliphatic carbocycles. The first-order valence-electron chi connectivity index (χ1n) is 4.40. The highest BCUT2D eigenvalue weighted by Gasteiger charge is 2.12. The van der Waals surface area contributed by atoms with E-state index in [9.17, 15) is 13.6 Å². The van der Waals surface area contributed by atoms with Gasteiger partial charge in [-0.1, -0.05) is 19.1 Å². The maximum atomic E-state index is 12.4. The van der Waals surface area contributed by atoms with E-state index in [-0.39, 0.29) is 11.5 Å². The SMILES string of the molecule is Cc1ccc(C(F)F)cc1C(C)C=O. The summed E-state index contributed by atoms with van der Waals surface area (Å²) in [6, 6.07) is 4.41. The minimum atomic E-state index is -2.48. The molecule has 1 aromatic rings. The lowest BCUT2D eigenvalue weighted by atomic mass is 9.95. The van der Waals surface area contributed by atoms with Crippen molar-refractivity contribution in [1.29, 1.82) is 0 Å². The van der Waals surface area contributed by atoms with Crippen LogP contribution in [0.4, 0.5) is 8.78 Å². The molecule has 3 heteroatoms. The second-order valence-corrected chi connectivity index (χ2v) is 3.34. The van der Waals surface area contributed by atoms with Crippen LogP contribution in [0.3, 0.4) is 0 Å². The summed E-state index contributed by atoms with van der Waals surface area (Å²) in [6.07, 6.45) is -1.72. The number of hydrogen-bond acceptors (Lipinski definition) is 1. The van der Waals surface area contributed by atoms with Crippen molar-refractivity contribution < 1.29 is 13.6 Å². The molecule has 0 radical (unpaired) electrons. The molecule has 0 aromatic heterocycles. The fourth-order valence-corrected chi connectivity index (χ4v) is 1.36. The maximum absolute atomic E-state index is 12.4. The normalized spacial score (nSPS) is 12.9. The molecular formula is C11H12F2O. The van der Waals surface area contributed by atoms with Crippen LogP contribution < -0.4 is 0 Å². The first-order chi connectivity index (χ1) is 6.56. The Labute approximate surface area is 81.7 Å². The zero-order valence-corrected chi connectivity index (χ0v) is 8.13. The van der Waals surface area contributed by atoms with Gasteiger partial charge in [0.1, 0.15) is 6.29 Å². The maximum Gasteiger partial charge on any atom is 0.263 e. The van der Waals surface area contributed by atoms with Crippen molar-refractivity contribution in [2.45, 2.75) is 26.2 Å². The minimum Gasteiger partial charge on any atom is -0.303 e. The molecular weight excluding hydrogens is 186 g/mol. The molecule has 0 amide bonds. The molecule has 1 aromatic carbocycles. The Morgan fingerprint density at radius 2 is 2.00 bits per heavy atom. The summed E-state index contributed by atoms with van der Waals surface area (Å²) in [5.41, 5.74) is 1.52. The number of alkyl halides is 2. The number of aldehydes is 1. The lowest BCUT2D eigenvalue weighted by Gasteiger charge is -2.10. The third-order valence-corrected chi connectivity index (χ3v) is 2.25. The summed E-state index contributed by atoms with van der Waals surface area (Å²) in [6.45, 7) is 3.51. The van der Waals surface area contributed by atoms with Crippen LogP contribution in [0.2, 0.25) is 0 Å². The lowest BCUT2D eigenvalue weighted by molar-refractivity contribution is -0.108. The second-order valence-electron chi connectivity index (χ2n) is 3.34. The van der Waals surface area contributed by atoms with Gasteiger partial charge in [-0.15, -0.1) is 0 Å². The number of halogens is 2. The first kappa shape index (κ1) is 10.8. The largest absolute Gasteiger partial charge is 0.303 e. The molecule has 0 spiro atoms. The van der Waals surface area contributed by atoms with Gasteiger partial charge in [0.05, 0.1) is 0 Å². The second kappa shape index (κ2) is 4.31. The molecule has 0 saturated heterocycles. The van der Waals surface area contributed by atoms with Gasteiger partial charge in [-0.25, -0.2) is 8.78 Å². The van der Waals surface area contributed by atoms with E-state index in [2.05, 4.69) is 0 Å². The Kier molecular flexibility index (Phi) is 3.33. The molecule has 0 N–H and O–H groups in total. The van der Waals surface area contributed by atoms with E-state index in [1.54, 1.807) is 13.0 Å². The van der Waals surface area contributed by atoms with Crippen LogP contribution in [0, 0.1) is 6.92 Å². The highest BCUT2D eigenvalue weighted by molar-refractivity contribution is 5.62. The third kappa shape index (κ3) is 2.16. The molecule has 14 heavy (non-hydrogen) atoms. The first-order valence-corrected chi connectivity index (χ1v) is 4.40. The average molecular weight is 198 g/mol. The average Bonchev–Trinajstić information content (AvgIpc) is 2.17. The van der Waals surface area contributed by atoms with Crippen LogP contribution in [-0.2, 0) is 4.79 Å². The highest BCUT2D eigenvalue weighted by Crippen LogP contribution is 2.25. The Bertz CT molecular complexity index is 334. The number of rotatable bonds is 3. The van der Waals surface area contributed by atoms with Crippen molar-refractivity contribution in [3.8, 4) is 0 Å². The van der Waals surface area contributed by atoms with Crippen molar-refractivity contribution >= 4 is 6.29 Å². The smallest absolute Gasteiger partial charge is 0.263 e. The summed E-state index contributed by atoms with van der Waals surface area (Å²) in [4.78, 5) is 10.6. The number of carbonyl (C=O) groups is 1. The van der Waals surface area contributed by atoms with Crippen LogP contribution >= 0.6 is 0 Å². The number of benzene rings is 1. The molecule has 0 aliphatic heterocycles. The van der Waals surface area contributed by atoms with E-state index in [0.29, 0.717) is 5.56 Å². The number of hydrogen-bond donors (Lipinski definition) is 0. The quantitative estimate of drug-likeness (QED) is 0.681. The van der Waals surface area contributed by atoms with Crippen LogP contribution in [-0.4, -0.2) is 6.29 Å². The molecule has 0 heterocycles. The van der Waals surface area contributed by atoms with Gasteiger partial charge in [0, 0.05) is 11.5 Å². The van der Waals surface area contributed by atoms with Gasteiger partial charge >= 0.3 is 0 Å². The highest BCUT2D eigenvalue weighted by atomic mass is 19.3. The number of aryl methyl sites for hydroxylation is 1. The molecule has 1 rings (SSSR count). The standard InChI is InChI=1S/C11H12F2O/c1-7-3-4-9(11(12)13)5-10(7)8(2)6-14/h3-6,8,11H,1-2H3. The van der Waals surface area contributed by atoms with E-state index in [4.69, 9.17) is 0 Å². The minimum absolute atomic E-state index is 0.0284. The van der Waals surface area contributed by atoms with Gasteiger partial charge in [-0.05, 0) is 24.1 Å². The van der Waals surface area contributed by atoms with Gasteiger partial charge in [0.2, 0.25) is 0 Å². The van der Waals surface area contributed by atoms with Gasteiger partial charge in [0.25, 0.3) is 6.43 Å². The molecule has 1 atom stereocenters. The van der Waals surface area contributed by atoms with Crippen LogP contribution in [0.1, 0.15) is 36.0 Å². The lowest BCUT2D eigenvalue weighted by Crippen LogP contribution is -1.99. The summed E-state index contributed by atoms with van der Waals surface area (Å²) < 4.78 is 24.7. The Morgan fingerprint density at radius 1 is 1.36 bits per heavy atom. The summed E-state index contributed by atoms with van der Waals surface area (Å²) in [7, 11) is 0. The molecule has 0 fully saturated rings. The fourth-order valence-electron chi connectivity index (χ4n) is 1.36. The van der Waals surface area contributed by atoms with E-state index in [1.807, 2.05) is 6.92 Å². The van der Waals surface area contributed by atoms with Gasteiger partial charge in [-0.2, -0.15) is 0 Å². The zero-order chi connectivity index (χ0) is 10.7. The molecule has 1 unspecified atom stereocenters. The van der Waals surface area contributed by atoms with E-state index < -0.39 is 6.43 Å². The van der Waals surface area contributed by atoms with Crippen molar-refractivity contribution in [2.24, 2.45) is 0 Å². The number of carbonyl (C=O) groups excluding carboxylic acids is 1. The third-order valence-electron chi connectivity index (χ3n) is 2.25. The predicted molar refractivity (Wildman–Crippen MR) is 50.6 cm³/mol. The fraction of sp³-hybridized carbons (Fsp3) is 0.364. The topological polar surface area (TPSA) is 17.1 Å². The molecule has 76 valence electrons. The van der Waals surface area contributed by atoms with E-state index in [1.165, 1.54) is 12.1 Å². The monoisotopic (exact) mass is 198 g/mol. The molecule has 1 nitrogen and oxygen atoms in total. The molecule has 0 bridgehead atoms. The van der Waals surface area contributed by atoms with Crippen LogP contribution in [0.25, 0.3) is 0 Å². The Balaban J connectivity index is 3.14. The van der Waals surface area contributed by atoms with Crippen LogP contribution in [0.15, 0.2) is 18.2 Å². The Morgan fingerprint density at radius 3 is 2.50 bits per heavy atom.